The Hall–Kier alpha value is -0.550. The van der Waals surface area contributed by atoms with Gasteiger partial charge in [0.05, 0.1) is 11.4 Å². The van der Waals surface area contributed by atoms with E-state index in [4.69, 9.17) is 0 Å². The van der Waals surface area contributed by atoms with Crippen LogP contribution in [0.1, 0.15) is 6.42 Å². The number of hydrogen-bond donors (Lipinski definition) is 0. The summed E-state index contributed by atoms with van der Waals surface area (Å²) in [7, 11) is 0. The van der Waals surface area contributed by atoms with Crippen LogP contribution in [0.5, 0.6) is 0 Å². The third kappa shape index (κ3) is 2.34. The number of amides is 1. The molecule has 2 rings (SSSR count). The number of anilines is 1. The summed E-state index contributed by atoms with van der Waals surface area (Å²) in [6, 6.07) is 3.83. The Bertz CT molecular complexity index is 372. The van der Waals surface area contributed by atoms with E-state index in [1.165, 1.54) is 11.8 Å². The van der Waals surface area contributed by atoms with E-state index < -0.39 is 0 Å². The van der Waals surface area contributed by atoms with Crippen molar-refractivity contribution in [1.29, 1.82) is 0 Å². The quantitative estimate of drug-likeness (QED) is 0.800. The number of alkyl halides is 1. The second-order valence-electron chi connectivity index (χ2n) is 3.20. The zero-order chi connectivity index (χ0) is 10.7. The normalized spacial score (nSPS) is 15.3. The molecule has 1 aromatic rings. The number of nitrogens with zero attached hydrogens (tertiary/aromatic N) is 2. The highest BCUT2D eigenvalue weighted by atomic mass is 79.9. The molecule has 80 valence electrons. The molecule has 5 heteroatoms. The van der Waals surface area contributed by atoms with Crippen molar-refractivity contribution in [1.82, 2.24) is 4.98 Å². The fourth-order valence-electron chi connectivity index (χ4n) is 1.50. The van der Waals surface area contributed by atoms with Crippen molar-refractivity contribution < 1.29 is 4.79 Å². The fraction of sp³-hybridized carbons (Fsp3) is 0.400. The highest BCUT2D eigenvalue weighted by Crippen LogP contribution is 2.32. The largest absolute Gasteiger partial charge is 0.309 e. The summed E-state index contributed by atoms with van der Waals surface area (Å²) in [4.78, 5) is 17.8. The van der Waals surface area contributed by atoms with Gasteiger partial charge in [-0.3, -0.25) is 4.79 Å². The van der Waals surface area contributed by atoms with E-state index in [1.54, 1.807) is 6.20 Å². The number of halogens is 1. The topological polar surface area (TPSA) is 33.2 Å². The van der Waals surface area contributed by atoms with Crippen molar-refractivity contribution in [3.05, 3.63) is 18.3 Å². The maximum Gasteiger partial charge on any atom is 0.237 e. The van der Waals surface area contributed by atoms with E-state index in [1.807, 2.05) is 17.0 Å². The number of carbonyl (C=O) groups excluding carboxylic acids is 1. The van der Waals surface area contributed by atoms with Gasteiger partial charge in [0.15, 0.2) is 0 Å². The molecule has 0 bridgehead atoms. The van der Waals surface area contributed by atoms with Crippen LogP contribution >= 0.6 is 27.7 Å². The van der Waals surface area contributed by atoms with Crippen molar-refractivity contribution in [3.63, 3.8) is 0 Å². The molecule has 1 aliphatic heterocycles. The lowest BCUT2D eigenvalue weighted by Gasteiger charge is -2.27. The molecule has 0 fully saturated rings. The molecule has 1 aliphatic rings. The fourth-order valence-corrected chi connectivity index (χ4v) is 2.63. The van der Waals surface area contributed by atoms with Crippen LogP contribution in [0.4, 0.5) is 5.69 Å². The summed E-state index contributed by atoms with van der Waals surface area (Å²) in [5.41, 5.74) is 0.958. The van der Waals surface area contributed by atoms with Crippen molar-refractivity contribution in [2.45, 2.75) is 11.4 Å². The molecule has 0 N–H and O–H groups in total. The third-order valence-corrected chi connectivity index (χ3v) is 3.73. The van der Waals surface area contributed by atoms with Gasteiger partial charge in [0, 0.05) is 18.1 Å². The summed E-state index contributed by atoms with van der Waals surface area (Å²) in [6.45, 7) is 0.767. The Morgan fingerprint density at radius 3 is 3.27 bits per heavy atom. The molecule has 0 atom stereocenters. The molecule has 1 amide bonds. The summed E-state index contributed by atoms with van der Waals surface area (Å²) in [6.07, 6.45) is 2.73. The third-order valence-electron chi connectivity index (χ3n) is 2.19. The Kier molecular flexibility index (Phi) is 3.64. The molecule has 0 radical (unpaired) electrons. The summed E-state index contributed by atoms with van der Waals surface area (Å²) >= 11 is 4.90. The minimum atomic E-state index is 0.182. The number of aromatic nitrogens is 1. The predicted molar refractivity (Wildman–Crippen MR) is 65.7 cm³/mol. The molecule has 0 aromatic carbocycles. The van der Waals surface area contributed by atoms with Gasteiger partial charge in [-0.05, 0) is 18.6 Å². The van der Waals surface area contributed by atoms with E-state index in [-0.39, 0.29) is 5.91 Å². The number of rotatable bonds is 3. The van der Waals surface area contributed by atoms with Crippen molar-refractivity contribution >= 4 is 39.3 Å². The van der Waals surface area contributed by atoms with Crippen LogP contribution in [-0.2, 0) is 4.79 Å². The number of hydrogen-bond acceptors (Lipinski definition) is 3. The smallest absolute Gasteiger partial charge is 0.237 e. The zero-order valence-corrected chi connectivity index (χ0v) is 10.6. The lowest BCUT2D eigenvalue weighted by molar-refractivity contribution is -0.116. The minimum Gasteiger partial charge on any atom is -0.309 e. The van der Waals surface area contributed by atoms with Gasteiger partial charge in [0.2, 0.25) is 5.91 Å². The molecule has 0 saturated heterocycles. The van der Waals surface area contributed by atoms with Gasteiger partial charge in [-0.15, -0.1) is 0 Å². The predicted octanol–water partition coefficient (Wildman–Crippen LogP) is 2.31. The molecular formula is C10H11BrN2OS. The van der Waals surface area contributed by atoms with E-state index in [9.17, 15) is 4.79 Å². The zero-order valence-electron chi connectivity index (χ0n) is 8.15. The lowest BCUT2D eigenvalue weighted by atomic mass is 10.3. The maximum atomic E-state index is 11.7. The van der Waals surface area contributed by atoms with Gasteiger partial charge in [0.1, 0.15) is 5.03 Å². The Morgan fingerprint density at radius 2 is 2.47 bits per heavy atom. The first-order valence-corrected chi connectivity index (χ1v) is 6.88. The molecule has 0 spiro atoms. The van der Waals surface area contributed by atoms with Gasteiger partial charge in [0.25, 0.3) is 0 Å². The first-order valence-electron chi connectivity index (χ1n) is 4.77. The first kappa shape index (κ1) is 11.0. The lowest BCUT2D eigenvalue weighted by Crippen LogP contribution is -2.36. The van der Waals surface area contributed by atoms with E-state index in [2.05, 4.69) is 20.9 Å². The minimum absolute atomic E-state index is 0.182. The average Bonchev–Trinajstić information content (AvgIpc) is 2.28. The van der Waals surface area contributed by atoms with E-state index in [0.29, 0.717) is 5.75 Å². The summed E-state index contributed by atoms with van der Waals surface area (Å²) in [5, 5.41) is 1.88. The van der Waals surface area contributed by atoms with Crippen LogP contribution in [-0.4, -0.2) is 28.5 Å². The second-order valence-corrected chi connectivity index (χ2v) is 4.96. The van der Waals surface area contributed by atoms with E-state index in [0.717, 1.165) is 29.0 Å². The molecule has 2 heterocycles. The molecule has 0 aliphatic carbocycles. The monoisotopic (exact) mass is 286 g/mol. The number of carbonyl (C=O) groups is 1. The van der Waals surface area contributed by atoms with Crippen LogP contribution in [0.25, 0.3) is 0 Å². The van der Waals surface area contributed by atoms with Crippen molar-refractivity contribution in [2.24, 2.45) is 0 Å². The van der Waals surface area contributed by atoms with Crippen LogP contribution in [0.2, 0.25) is 0 Å². The number of pyridine rings is 1. The maximum absolute atomic E-state index is 11.7. The number of fused-ring (bicyclic) bond motifs is 1. The Morgan fingerprint density at radius 1 is 1.60 bits per heavy atom. The van der Waals surface area contributed by atoms with Crippen LogP contribution < -0.4 is 4.90 Å². The van der Waals surface area contributed by atoms with Gasteiger partial charge in [-0.1, -0.05) is 27.7 Å². The molecule has 15 heavy (non-hydrogen) atoms. The van der Waals surface area contributed by atoms with Gasteiger partial charge >= 0.3 is 0 Å². The molecule has 0 unspecified atom stereocenters. The number of thioether (sulfide) groups is 1. The standard InChI is InChI=1S/C10H11BrN2OS/c11-4-2-6-13-8-3-1-5-12-10(8)15-7-9(13)14/h1,3,5H,2,4,6-7H2. The van der Waals surface area contributed by atoms with Gasteiger partial charge < -0.3 is 4.90 Å². The van der Waals surface area contributed by atoms with Crippen molar-refractivity contribution in [2.75, 3.05) is 22.5 Å². The summed E-state index contributed by atoms with van der Waals surface area (Å²) in [5.74, 6) is 0.688. The molecule has 1 aromatic heterocycles. The van der Waals surface area contributed by atoms with Gasteiger partial charge in [-0.25, -0.2) is 4.98 Å². The van der Waals surface area contributed by atoms with Gasteiger partial charge in [-0.2, -0.15) is 0 Å². The Labute approximate surface area is 101 Å². The van der Waals surface area contributed by atoms with Crippen LogP contribution in [0, 0.1) is 0 Å². The van der Waals surface area contributed by atoms with E-state index >= 15 is 0 Å². The second kappa shape index (κ2) is 4.99. The summed E-state index contributed by atoms with van der Waals surface area (Å²) < 4.78 is 0. The molecule has 0 saturated carbocycles. The highest BCUT2D eigenvalue weighted by Gasteiger charge is 2.24. The van der Waals surface area contributed by atoms with Crippen molar-refractivity contribution in [3.8, 4) is 0 Å². The Balaban J connectivity index is 2.25. The first-order chi connectivity index (χ1) is 7.33. The molecule has 3 nitrogen and oxygen atoms in total. The average molecular weight is 287 g/mol. The van der Waals surface area contributed by atoms with Crippen LogP contribution in [0.3, 0.4) is 0 Å². The van der Waals surface area contributed by atoms with Crippen LogP contribution in [0.15, 0.2) is 23.4 Å². The molecular weight excluding hydrogens is 276 g/mol. The SMILES string of the molecule is O=C1CSc2ncccc2N1CCCBr. The highest BCUT2D eigenvalue weighted by molar-refractivity contribution is 9.09.